The van der Waals surface area contributed by atoms with Crippen LogP contribution >= 0.6 is 0 Å². The molecule has 0 bridgehead atoms. The maximum absolute atomic E-state index is 12.1. The van der Waals surface area contributed by atoms with E-state index in [1.165, 1.54) is 12.7 Å². The molecule has 3 aromatic carbocycles. The Morgan fingerprint density at radius 3 is 2.15 bits per heavy atom. The van der Waals surface area contributed by atoms with Gasteiger partial charge in [0.05, 0.1) is 12.7 Å². The first-order valence-corrected chi connectivity index (χ1v) is 11.2. The number of anilines is 1. The largest absolute Gasteiger partial charge is 0.465 e. The number of nitrogens with one attached hydrogen (secondary N) is 2. The monoisotopic (exact) mass is 445 g/mol. The first-order chi connectivity index (χ1) is 16.1. The lowest BCUT2D eigenvalue weighted by atomic mass is 10.1. The van der Waals surface area contributed by atoms with Crippen LogP contribution in [-0.2, 0) is 17.7 Å². The molecular weight excluding hydrogens is 414 g/mol. The molecule has 33 heavy (non-hydrogen) atoms. The van der Waals surface area contributed by atoms with E-state index in [1.807, 2.05) is 48.5 Å². The zero-order valence-electron chi connectivity index (χ0n) is 19.0. The van der Waals surface area contributed by atoms with Crippen molar-refractivity contribution in [3.8, 4) is 0 Å². The van der Waals surface area contributed by atoms with Crippen LogP contribution in [0.5, 0.6) is 0 Å². The molecule has 6 nitrogen and oxygen atoms in total. The minimum absolute atomic E-state index is 0.199. The first kappa shape index (κ1) is 24.0. The van der Waals surface area contributed by atoms with Crippen molar-refractivity contribution in [2.45, 2.75) is 19.4 Å². The van der Waals surface area contributed by atoms with E-state index in [2.05, 4.69) is 39.8 Å². The summed E-state index contributed by atoms with van der Waals surface area (Å²) in [7, 11) is 1.38. The maximum atomic E-state index is 12.1. The second-order valence-corrected chi connectivity index (χ2v) is 7.80. The Labute approximate surface area is 195 Å². The lowest BCUT2D eigenvalue weighted by molar-refractivity contribution is 0.0600. The van der Waals surface area contributed by atoms with Crippen LogP contribution in [0.1, 0.15) is 27.9 Å². The molecule has 3 rings (SSSR count). The van der Waals surface area contributed by atoms with E-state index in [9.17, 15) is 9.59 Å². The van der Waals surface area contributed by atoms with Gasteiger partial charge in [-0.25, -0.2) is 9.59 Å². The average Bonchev–Trinajstić information content (AvgIpc) is 2.86. The van der Waals surface area contributed by atoms with Gasteiger partial charge >= 0.3 is 12.0 Å². The molecular formula is C27H31N3O3. The summed E-state index contributed by atoms with van der Waals surface area (Å²) in [6, 6.07) is 27.1. The van der Waals surface area contributed by atoms with E-state index in [0.717, 1.165) is 43.7 Å². The topological polar surface area (TPSA) is 70.7 Å². The molecule has 6 heteroatoms. The normalized spacial score (nSPS) is 10.6. The number of ether oxygens (including phenoxy) is 1. The van der Waals surface area contributed by atoms with Crippen molar-refractivity contribution in [2.75, 3.05) is 32.1 Å². The highest BCUT2D eigenvalue weighted by Gasteiger charge is 2.09. The van der Waals surface area contributed by atoms with E-state index >= 15 is 0 Å². The smallest absolute Gasteiger partial charge is 0.337 e. The van der Waals surface area contributed by atoms with Gasteiger partial charge in [-0.2, -0.15) is 0 Å². The number of esters is 1. The fourth-order valence-corrected chi connectivity index (χ4v) is 3.53. The van der Waals surface area contributed by atoms with Crippen LogP contribution in [0.2, 0.25) is 0 Å². The molecule has 0 aromatic heterocycles. The molecule has 0 fully saturated rings. The standard InChI is InChI=1S/C27H31N3O3/c1-33-26(31)24-15-13-23(14-16-24)21-30(20-17-22-9-4-2-5-10-22)19-8-18-28-27(32)29-25-11-6-3-7-12-25/h2-7,9-16H,8,17-21H2,1H3,(H2,28,29,32). The summed E-state index contributed by atoms with van der Waals surface area (Å²) in [4.78, 5) is 26.1. The summed E-state index contributed by atoms with van der Waals surface area (Å²) in [5, 5.41) is 5.76. The van der Waals surface area contributed by atoms with Crippen LogP contribution in [0.3, 0.4) is 0 Å². The number of amides is 2. The van der Waals surface area contributed by atoms with Crippen LogP contribution in [0.15, 0.2) is 84.9 Å². The molecule has 172 valence electrons. The number of nitrogens with zero attached hydrogens (tertiary/aromatic N) is 1. The molecule has 0 heterocycles. The number of carbonyl (C=O) groups is 2. The van der Waals surface area contributed by atoms with Crippen LogP contribution in [0.25, 0.3) is 0 Å². The highest BCUT2D eigenvalue weighted by molar-refractivity contribution is 5.89. The third-order valence-electron chi connectivity index (χ3n) is 5.31. The minimum atomic E-state index is -0.331. The Morgan fingerprint density at radius 1 is 0.818 bits per heavy atom. The van der Waals surface area contributed by atoms with Crippen molar-refractivity contribution in [2.24, 2.45) is 0 Å². The molecule has 0 aliphatic carbocycles. The van der Waals surface area contributed by atoms with Gasteiger partial charge in [0.2, 0.25) is 0 Å². The van der Waals surface area contributed by atoms with Gasteiger partial charge in [0.25, 0.3) is 0 Å². The highest BCUT2D eigenvalue weighted by Crippen LogP contribution is 2.11. The molecule has 0 saturated heterocycles. The van der Waals surface area contributed by atoms with Crippen molar-refractivity contribution in [1.29, 1.82) is 0 Å². The van der Waals surface area contributed by atoms with Crippen LogP contribution in [0, 0.1) is 0 Å². The van der Waals surface area contributed by atoms with Gasteiger partial charge in [0.15, 0.2) is 0 Å². The molecule has 0 saturated carbocycles. The van der Waals surface area contributed by atoms with E-state index in [1.54, 1.807) is 12.1 Å². The number of carbonyl (C=O) groups excluding carboxylic acids is 2. The van der Waals surface area contributed by atoms with Crippen molar-refractivity contribution in [3.05, 3.63) is 102 Å². The van der Waals surface area contributed by atoms with Gasteiger partial charge in [-0.1, -0.05) is 60.7 Å². The molecule has 0 atom stereocenters. The average molecular weight is 446 g/mol. The van der Waals surface area contributed by atoms with Crippen molar-refractivity contribution >= 4 is 17.7 Å². The Bertz CT molecular complexity index is 992. The van der Waals surface area contributed by atoms with Gasteiger partial charge in [-0.3, -0.25) is 4.90 Å². The molecule has 2 N–H and O–H groups in total. The summed E-state index contributed by atoms with van der Waals surface area (Å²) in [5.74, 6) is -0.331. The Morgan fingerprint density at radius 2 is 1.48 bits per heavy atom. The van der Waals surface area contributed by atoms with Gasteiger partial charge < -0.3 is 15.4 Å². The van der Waals surface area contributed by atoms with E-state index in [0.29, 0.717) is 12.1 Å². The number of urea groups is 1. The summed E-state index contributed by atoms with van der Waals surface area (Å²) in [6.45, 7) is 3.10. The summed E-state index contributed by atoms with van der Waals surface area (Å²) in [6.07, 6.45) is 1.78. The molecule has 0 radical (unpaired) electrons. The summed E-state index contributed by atoms with van der Waals surface area (Å²) < 4.78 is 4.78. The zero-order chi connectivity index (χ0) is 23.3. The van der Waals surface area contributed by atoms with Gasteiger partial charge in [-0.05, 0) is 48.2 Å². The van der Waals surface area contributed by atoms with Gasteiger partial charge in [-0.15, -0.1) is 0 Å². The number of para-hydroxylation sites is 1. The lowest BCUT2D eigenvalue weighted by Gasteiger charge is -2.23. The van der Waals surface area contributed by atoms with E-state index < -0.39 is 0 Å². The molecule has 0 aliphatic rings. The van der Waals surface area contributed by atoms with Crippen molar-refractivity contribution in [3.63, 3.8) is 0 Å². The maximum Gasteiger partial charge on any atom is 0.337 e. The summed E-state index contributed by atoms with van der Waals surface area (Å²) in [5.41, 5.74) is 3.75. The molecule has 0 spiro atoms. The molecule has 0 unspecified atom stereocenters. The Hall–Kier alpha value is -3.64. The molecule has 3 aromatic rings. The summed E-state index contributed by atoms with van der Waals surface area (Å²) >= 11 is 0. The van der Waals surface area contributed by atoms with Crippen LogP contribution in [-0.4, -0.2) is 43.6 Å². The highest BCUT2D eigenvalue weighted by atomic mass is 16.5. The number of benzene rings is 3. The van der Waals surface area contributed by atoms with Crippen LogP contribution in [0.4, 0.5) is 10.5 Å². The fraction of sp³-hybridized carbons (Fsp3) is 0.259. The Kier molecular flexibility index (Phi) is 9.48. The molecule has 0 aliphatic heterocycles. The minimum Gasteiger partial charge on any atom is -0.465 e. The second kappa shape index (κ2) is 13.0. The SMILES string of the molecule is COC(=O)c1ccc(CN(CCCNC(=O)Nc2ccccc2)CCc2ccccc2)cc1. The van der Waals surface area contributed by atoms with Crippen molar-refractivity contribution < 1.29 is 14.3 Å². The van der Waals surface area contributed by atoms with Crippen molar-refractivity contribution in [1.82, 2.24) is 10.2 Å². The number of hydrogen-bond donors (Lipinski definition) is 2. The number of methoxy groups -OCH3 is 1. The van der Waals surface area contributed by atoms with Crippen LogP contribution < -0.4 is 10.6 Å². The Balaban J connectivity index is 1.51. The number of hydrogen-bond acceptors (Lipinski definition) is 4. The van der Waals surface area contributed by atoms with Gasteiger partial charge in [0.1, 0.15) is 0 Å². The van der Waals surface area contributed by atoms with E-state index in [4.69, 9.17) is 4.74 Å². The zero-order valence-corrected chi connectivity index (χ0v) is 19.0. The first-order valence-electron chi connectivity index (χ1n) is 11.2. The third-order valence-corrected chi connectivity index (χ3v) is 5.31. The fourth-order valence-electron chi connectivity index (χ4n) is 3.53. The number of rotatable bonds is 11. The molecule has 2 amide bonds. The van der Waals surface area contributed by atoms with Gasteiger partial charge in [0, 0.05) is 31.9 Å². The predicted molar refractivity (Wildman–Crippen MR) is 131 cm³/mol. The second-order valence-electron chi connectivity index (χ2n) is 7.80. The third kappa shape index (κ3) is 8.43. The van der Waals surface area contributed by atoms with E-state index in [-0.39, 0.29) is 12.0 Å². The lowest BCUT2D eigenvalue weighted by Crippen LogP contribution is -2.33. The predicted octanol–water partition coefficient (Wildman–Crippen LogP) is 4.73. The quantitative estimate of drug-likeness (QED) is 0.331.